The van der Waals surface area contributed by atoms with Gasteiger partial charge >= 0.3 is 0 Å². The van der Waals surface area contributed by atoms with Crippen LogP contribution >= 0.6 is 0 Å². The first-order valence-corrected chi connectivity index (χ1v) is 10.3. The zero-order valence-corrected chi connectivity index (χ0v) is 17.3. The molecule has 1 saturated heterocycles. The van der Waals surface area contributed by atoms with E-state index in [1.807, 2.05) is 34.7 Å². The minimum atomic E-state index is -0.566. The molecule has 1 aromatic carbocycles. The lowest BCUT2D eigenvalue weighted by atomic mass is 10.2. The number of rotatable bonds is 6. The molecule has 2 aromatic heterocycles. The maximum atomic E-state index is 14.1. The van der Waals surface area contributed by atoms with Crippen molar-refractivity contribution in [3.8, 4) is 5.82 Å². The lowest BCUT2D eigenvalue weighted by molar-refractivity contribution is 0.580. The molecule has 3 heterocycles. The number of benzene rings is 1. The minimum Gasteiger partial charge on any atom is -0.367 e. The molecule has 1 aliphatic heterocycles. The molecule has 0 radical (unpaired) electrons. The van der Waals surface area contributed by atoms with Crippen LogP contribution in [0.4, 0.5) is 14.5 Å². The molecular formula is C22H25F2N7. The van der Waals surface area contributed by atoms with E-state index in [1.54, 1.807) is 18.7 Å². The van der Waals surface area contributed by atoms with Crippen LogP contribution < -0.4 is 15.5 Å². The van der Waals surface area contributed by atoms with E-state index in [1.165, 1.54) is 12.1 Å². The number of aromatic nitrogens is 3. The van der Waals surface area contributed by atoms with Crippen molar-refractivity contribution in [1.82, 2.24) is 25.2 Å². The van der Waals surface area contributed by atoms with Crippen LogP contribution in [0.15, 0.2) is 60.2 Å². The van der Waals surface area contributed by atoms with Gasteiger partial charge in [-0.15, -0.1) is 0 Å². The average molecular weight is 425 g/mol. The molecule has 2 N–H and O–H groups in total. The SMILES string of the molecule is CCNC(=NCc1ccc(-n2ccnc2)nc1)NC1CCN(c2ccc(F)cc2F)C1. The average Bonchev–Trinajstić information content (AvgIpc) is 3.45. The van der Waals surface area contributed by atoms with Crippen LogP contribution in [-0.4, -0.2) is 46.2 Å². The lowest BCUT2D eigenvalue weighted by Crippen LogP contribution is -2.44. The molecule has 162 valence electrons. The summed E-state index contributed by atoms with van der Waals surface area (Å²) in [5, 5.41) is 6.67. The molecule has 1 fully saturated rings. The molecule has 0 saturated carbocycles. The van der Waals surface area contributed by atoms with Crippen molar-refractivity contribution in [2.45, 2.75) is 25.9 Å². The second-order valence-corrected chi connectivity index (χ2v) is 7.36. The monoisotopic (exact) mass is 425 g/mol. The van der Waals surface area contributed by atoms with E-state index in [9.17, 15) is 8.78 Å². The first-order chi connectivity index (χ1) is 15.1. The summed E-state index contributed by atoms with van der Waals surface area (Å²) in [5.74, 6) is 0.402. The third-order valence-electron chi connectivity index (χ3n) is 5.12. The van der Waals surface area contributed by atoms with Gasteiger partial charge < -0.3 is 15.5 Å². The van der Waals surface area contributed by atoms with Crippen LogP contribution in [0.2, 0.25) is 0 Å². The van der Waals surface area contributed by atoms with Crippen molar-refractivity contribution in [3.63, 3.8) is 0 Å². The van der Waals surface area contributed by atoms with Gasteiger partial charge in [-0.2, -0.15) is 0 Å². The largest absolute Gasteiger partial charge is 0.367 e. The number of guanidine groups is 1. The number of aliphatic imine (C=N–C) groups is 1. The Morgan fingerprint density at radius 2 is 2.16 bits per heavy atom. The molecule has 0 amide bonds. The van der Waals surface area contributed by atoms with Gasteiger partial charge in [0.2, 0.25) is 0 Å². The normalized spacial score (nSPS) is 16.5. The second-order valence-electron chi connectivity index (χ2n) is 7.36. The fraction of sp³-hybridized carbons (Fsp3) is 0.318. The highest BCUT2D eigenvalue weighted by molar-refractivity contribution is 5.80. The van der Waals surface area contributed by atoms with Gasteiger partial charge in [-0.25, -0.2) is 23.7 Å². The van der Waals surface area contributed by atoms with Gasteiger partial charge in [0.25, 0.3) is 0 Å². The summed E-state index contributed by atoms with van der Waals surface area (Å²) in [6.45, 7) is 4.53. The molecule has 3 aromatic rings. The number of pyridine rings is 1. The second kappa shape index (κ2) is 9.55. The Hall–Kier alpha value is -3.49. The topological polar surface area (TPSA) is 70.4 Å². The van der Waals surface area contributed by atoms with E-state index in [4.69, 9.17) is 0 Å². The van der Waals surface area contributed by atoms with E-state index < -0.39 is 11.6 Å². The first-order valence-electron chi connectivity index (χ1n) is 10.3. The predicted molar refractivity (Wildman–Crippen MR) is 116 cm³/mol. The van der Waals surface area contributed by atoms with E-state index >= 15 is 0 Å². The fourth-order valence-electron chi connectivity index (χ4n) is 3.58. The van der Waals surface area contributed by atoms with Gasteiger partial charge in [-0.05, 0) is 37.1 Å². The highest BCUT2D eigenvalue weighted by atomic mass is 19.1. The maximum Gasteiger partial charge on any atom is 0.191 e. The number of hydrogen-bond donors (Lipinski definition) is 2. The van der Waals surface area contributed by atoms with Crippen molar-refractivity contribution in [3.05, 3.63) is 72.4 Å². The Morgan fingerprint density at radius 1 is 1.26 bits per heavy atom. The van der Waals surface area contributed by atoms with Crippen molar-refractivity contribution in [2.24, 2.45) is 4.99 Å². The molecule has 1 unspecified atom stereocenters. The van der Waals surface area contributed by atoms with Crippen LogP contribution in [0.25, 0.3) is 5.82 Å². The summed E-state index contributed by atoms with van der Waals surface area (Å²) >= 11 is 0. The number of anilines is 1. The van der Waals surface area contributed by atoms with Gasteiger partial charge in [-0.3, -0.25) is 4.57 Å². The zero-order valence-electron chi connectivity index (χ0n) is 17.3. The van der Waals surface area contributed by atoms with Crippen LogP contribution in [0, 0.1) is 11.6 Å². The number of nitrogens with zero attached hydrogens (tertiary/aromatic N) is 5. The molecule has 7 nitrogen and oxygen atoms in total. The van der Waals surface area contributed by atoms with Crippen molar-refractivity contribution in [2.75, 3.05) is 24.5 Å². The van der Waals surface area contributed by atoms with E-state index in [-0.39, 0.29) is 6.04 Å². The molecule has 0 bridgehead atoms. The van der Waals surface area contributed by atoms with Gasteiger partial charge in [0.1, 0.15) is 23.8 Å². The highest BCUT2D eigenvalue weighted by Crippen LogP contribution is 2.24. The molecule has 31 heavy (non-hydrogen) atoms. The van der Waals surface area contributed by atoms with Crippen molar-refractivity contribution >= 4 is 11.6 Å². The lowest BCUT2D eigenvalue weighted by Gasteiger charge is -2.21. The zero-order chi connectivity index (χ0) is 21.6. The Balaban J connectivity index is 1.37. The maximum absolute atomic E-state index is 14.1. The summed E-state index contributed by atoms with van der Waals surface area (Å²) in [7, 11) is 0. The molecule has 9 heteroatoms. The molecule has 4 rings (SSSR count). The summed E-state index contributed by atoms with van der Waals surface area (Å²) in [6, 6.07) is 7.74. The first kappa shape index (κ1) is 20.8. The summed E-state index contributed by atoms with van der Waals surface area (Å²) in [5.41, 5.74) is 1.42. The van der Waals surface area contributed by atoms with E-state index in [2.05, 4.69) is 25.6 Å². The van der Waals surface area contributed by atoms with Crippen LogP contribution in [0.1, 0.15) is 18.9 Å². The van der Waals surface area contributed by atoms with Crippen LogP contribution in [0.5, 0.6) is 0 Å². The summed E-state index contributed by atoms with van der Waals surface area (Å²) < 4.78 is 29.1. The Labute approximate surface area is 179 Å². The van der Waals surface area contributed by atoms with Crippen LogP contribution in [-0.2, 0) is 6.54 Å². The predicted octanol–water partition coefficient (Wildman–Crippen LogP) is 2.88. The smallest absolute Gasteiger partial charge is 0.191 e. The molecule has 0 aliphatic carbocycles. The number of halogens is 2. The minimum absolute atomic E-state index is 0.115. The molecule has 0 spiro atoms. The van der Waals surface area contributed by atoms with Gasteiger partial charge in [0.15, 0.2) is 5.96 Å². The number of imidazole rings is 1. The third kappa shape index (κ3) is 5.17. The summed E-state index contributed by atoms with van der Waals surface area (Å²) in [6.07, 6.45) is 7.90. The van der Waals surface area contributed by atoms with E-state index in [0.29, 0.717) is 31.3 Å². The number of hydrogen-bond acceptors (Lipinski definition) is 4. The van der Waals surface area contributed by atoms with Gasteiger partial charge in [-0.1, -0.05) is 6.07 Å². The third-order valence-corrected chi connectivity index (χ3v) is 5.12. The number of nitrogens with one attached hydrogen (secondary N) is 2. The quantitative estimate of drug-likeness (QED) is 0.470. The Morgan fingerprint density at radius 3 is 2.87 bits per heavy atom. The molecule has 1 atom stereocenters. The Bertz CT molecular complexity index is 1020. The van der Waals surface area contributed by atoms with E-state index in [0.717, 1.165) is 30.4 Å². The van der Waals surface area contributed by atoms with Gasteiger partial charge in [0.05, 0.1) is 12.2 Å². The van der Waals surface area contributed by atoms with Gasteiger partial charge in [0, 0.05) is 50.3 Å². The standard InChI is InChI=1S/C22H25F2N7/c1-2-26-22(28-13-16-3-6-21(27-12-16)31-10-8-25-15-31)29-18-7-9-30(14-18)20-5-4-17(23)11-19(20)24/h3-6,8,10-12,15,18H,2,7,9,13-14H2,1H3,(H2,26,28,29). The summed E-state index contributed by atoms with van der Waals surface area (Å²) in [4.78, 5) is 15.1. The van der Waals surface area contributed by atoms with Crippen molar-refractivity contribution in [1.29, 1.82) is 0 Å². The molecular weight excluding hydrogens is 400 g/mol. The fourth-order valence-corrected chi connectivity index (χ4v) is 3.58. The Kier molecular flexibility index (Phi) is 6.40. The highest BCUT2D eigenvalue weighted by Gasteiger charge is 2.25. The molecule has 1 aliphatic rings. The van der Waals surface area contributed by atoms with Crippen molar-refractivity contribution < 1.29 is 8.78 Å². The van der Waals surface area contributed by atoms with Crippen LogP contribution in [0.3, 0.4) is 0 Å².